The number of para-hydroxylation sites is 1. The predicted molar refractivity (Wildman–Crippen MR) is 128 cm³/mol. The molecule has 0 bridgehead atoms. The van der Waals surface area contributed by atoms with Gasteiger partial charge in [-0.2, -0.15) is 0 Å². The molecule has 0 unspecified atom stereocenters. The molecule has 168 valence electrons. The van der Waals surface area contributed by atoms with Crippen molar-refractivity contribution in [3.63, 3.8) is 0 Å². The van der Waals surface area contributed by atoms with Gasteiger partial charge in [0.05, 0.1) is 22.7 Å². The standard InChI is InChI=1S/C24H21N3O4S2/c1-17-5-2-7-21(24(28)26-29)23(17)27(16-18-6-3-13-25-15-18)33(30,31)20-11-9-19(10-12-20)22-8-4-14-32-22/h2-15,29H,16H2,1H3,(H,26,28). The van der Waals surface area contributed by atoms with Gasteiger partial charge in [0.1, 0.15) is 0 Å². The fourth-order valence-corrected chi connectivity index (χ4v) is 5.81. The monoisotopic (exact) mass is 479 g/mol. The number of sulfonamides is 1. The number of carbonyl (C=O) groups excluding carboxylic acids is 1. The predicted octanol–water partition coefficient (Wildman–Crippen LogP) is 4.63. The Balaban J connectivity index is 1.84. The van der Waals surface area contributed by atoms with Gasteiger partial charge < -0.3 is 0 Å². The molecule has 0 aliphatic carbocycles. The molecule has 0 aliphatic rings. The van der Waals surface area contributed by atoms with Crippen LogP contribution >= 0.6 is 11.3 Å². The van der Waals surface area contributed by atoms with E-state index in [4.69, 9.17) is 0 Å². The second-order valence-corrected chi connectivity index (χ2v) is 10.1. The summed E-state index contributed by atoms with van der Waals surface area (Å²) in [6.07, 6.45) is 3.18. The number of benzene rings is 2. The molecule has 0 atom stereocenters. The van der Waals surface area contributed by atoms with Crippen molar-refractivity contribution in [2.24, 2.45) is 0 Å². The largest absolute Gasteiger partial charge is 0.288 e. The molecule has 2 aromatic carbocycles. The summed E-state index contributed by atoms with van der Waals surface area (Å²) in [6, 6.07) is 18.9. The lowest BCUT2D eigenvalue weighted by Gasteiger charge is -2.28. The molecule has 33 heavy (non-hydrogen) atoms. The van der Waals surface area contributed by atoms with Crippen molar-refractivity contribution in [2.45, 2.75) is 18.4 Å². The molecule has 0 radical (unpaired) electrons. The zero-order valence-electron chi connectivity index (χ0n) is 17.7. The van der Waals surface area contributed by atoms with Gasteiger partial charge >= 0.3 is 0 Å². The number of rotatable bonds is 7. The number of nitrogens with zero attached hydrogens (tertiary/aromatic N) is 2. The third-order valence-electron chi connectivity index (χ3n) is 5.13. The third kappa shape index (κ3) is 4.65. The van der Waals surface area contributed by atoms with Crippen LogP contribution < -0.4 is 9.79 Å². The smallest absolute Gasteiger partial charge is 0.276 e. The Morgan fingerprint density at radius 2 is 1.85 bits per heavy atom. The Labute approximate surface area is 196 Å². The summed E-state index contributed by atoms with van der Waals surface area (Å²) < 4.78 is 28.9. The zero-order chi connectivity index (χ0) is 23.4. The summed E-state index contributed by atoms with van der Waals surface area (Å²) in [4.78, 5) is 17.6. The number of carbonyl (C=O) groups is 1. The van der Waals surface area contributed by atoms with E-state index in [0.717, 1.165) is 10.4 Å². The molecule has 4 rings (SSSR count). The zero-order valence-corrected chi connectivity index (χ0v) is 19.3. The summed E-state index contributed by atoms with van der Waals surface area (Å²) in [5, 5.41) is 11.2. The summed E-state index contributed by atoms with van der Waals surface area (Å²) in [7, 11) is -4.08. The number of aryl methyl sites for hydroxylation is 1. The molecule has 2 N–H and O–H groups in total. The molecular formula is C24H21N3O4S2. The van der Waals surface area contributed by atoms with Gasteiger partial charge in [-0.15, -0.1) is 11.3 Å². The second kappa shape index (κ2) is 9.53. The lowest BCUT2D eigenvalue weighted by molar-refractivity contribution is 0.0707. The van der Waals surface area contributed by atoms with Gasteiger partial charge in [-0.3, -0.25) is 19.3 Å². The van der Waals surface area contributed by atoms with Crippen LogP contribution in [0.25, 0.3) is 10.4 Å². The number of aromatic nitrogens is 1. The number of hydrogen-bond acceptors (Lipinski definition) is 6. The Kier molecular flexibility index (Phi) is 6.55. The molecule has 4 aromatic rings. The molecule has 0 fully saturated rings. The van der Waals surface area contributed by atoms with Crippen LogP contribution in [0.4, 0.5) is 5.69 Å². The number of anilines is 1. The highest BCUT2D eigenvalue weighted by Crippen LogP contribution is 2.33. The van der Waals surface area contributed by atoms with Crippen LogP contribution in [-0.2, 0) is 16.6 Å². The second-order valence-electron chi connectivity index (χ2n) is 7.29. The van der Waals surface area contributed by atoms with Crippen LogP contribution in [0, 0.1) is 6.92 Å². The number of thiophene rings is 1. The number of hydrogen-bond donors (Lipinski definition) is 2. The lowest BCUT2D eigenvalue weighted by Crippen LogP contribution is -2.34. The van der Waals surface area contributed by atoms with Crippen molar-refractivity contribution in [3.05, 3.63) is 101 Å². The van der Waals surface area contributed by atoms with Crippen LogP contribution in [0.2, 0.25) is 0 Å². The number of amides is 1. The van der Waals surface area contributed by atoms with Gasteiger partial charge in [0.2, 0.25) is 0 Å². The fraction of sp³-hybridized carbons (Fsp3) is 0.0833. The SMILES string of the molecule is Cc1cccc(C(=O)NO)c1N(Cc1cccnc1)S(=O)(=O)c1ccc(-c2cccs2)cc1. The molecule has 0 saturated carbocycles. The minimum absolute atomic E-state index is 0.0418. The molecule has 0 aliphatic heterocycles. The maximum atomic E-state index is 13.9. The normalized spacial score (nSPS) is 11.2. The van der Waals surface area contributed by atoms with Crippen LogP contribution in [0.5, 0.6) is 0 Å². The molecule has 2 aromatic heterocycles. The number of pyridine rings is 1. The van der Waals surface area contributed by atoms with Gasteiger partial charge in [-0.25, -0.2) is 13.9 Å². The summed E-state index contributed by atoms with van der Waals surface area (Å²) >= 11 is 1.57. The summed E-state index contributed by atoms with van der Waals surface area (Å²) in [6.45, 7) is 1.68. The fourth-order valence-electron chi connectivity index (χ4n) is 3.54. The van der Waals surface area contributed by atoms with E-state index >= 15 is 0 Å². The number of hydroxylamine groups is 1. The highest BCUT2D eigenvalue weighted by atomic mass is 32.2. The first kappa shape index (κ1) is 22.7. The Hall–Kier alpha value is -3.53. The molecule has 0 spiro atoms. The van der Waals surface area contributed by atoms with Crippen molar-refractivity contribution in [3.8, 4) is 10.4 Å². The van der Waals surface area contributed by atoms with Crippen LogP contribution in [0.1, 0.15) is 21.5 Å². The average molecular weight is 480 g/mol. The van der Waals surface area contributed by atoms with E-state index in [2.05, 4.69) is 4.98 Å². The first-order chi connectivity index (χ1) is 15.9. The molecule has 9 heteroatoms. The maximum absolute atomic E-state index is 13.9. The van der Waals surface area contributed by atoms with Gasteiger partial charge in [-0.05, 0) is 59.3 Å². The maximum Gasteiger partial charge on any atom is 0.276 e. The van der Waals surface area contributed by atoms with Crippen LogP contribution in [0.15, 0.2) is 89.4 Å². The van der Waals surface area contributed by atoms with E-state index in [0.29, 0.717) is 11.1 Å². The van der Waals surface area contributed by atoms with Crippen molar-refractivity contribution in [1.29, 1.82) is 0 Å². The lowest BCUT2D eigenvalue weighted by atomic mass is 10.1. The molecule has 2 heterocycles. The van der Waals surface area contributed by atoms with E-state index in [1.165, 1.54) is 10.4 Å². The highest BCUT2D eigenvalue weighted by molar-refractivity contribution is 7.92. The van der Waals surface area contributed by atoms with Gasteiger partial charge in [0, 0.05) is 17.3 Å². The van der Waals surface area contributed by atoms with E-state index < -0.39 is 15.9 Å². The first-order valence-electron chi connectivity index (χ1n) is 10.0. The Morgan fingerprint density at radius 1 is 1.06 bits per heavy atom. The molecule has 7 nitrogen and oxygen atoms in total. The van der Waals surface area contributed by atoms with Gasteiger partial charge in [0.15, 0.2) is 0 Å². The topological polar surface area (TPSA) is 99.6 Å². The van der Waals surface area contributed by atoms with E-state index in [9.17, 15) is 18.4 Å². The Morgan fingerprint density at radius 3 is 2.48 bits per heavy atom. The van der Waals surface area contributed by atoms with Gasteiger partial charge in [0.25, 0.3) is 15.9 Å². The molecular weight excluding hydrogens is 458 g/mol. The summed E-state index contributed by atoms with van der Waals surface area (Å²) in [5.74, 6) is -0.798. The van der Waals surface area contributed by atoms with E-state index in [1.54, 1.807) is 84.7 Å². The van der Waals surface area contributed by atoms with Crippen LogP contribution in [0.3, 0.4) is 0 Å². The number of nitrogens with one attached hydrogen (secondary N) is 1. The van der Waals surface area contributed by atoms with Crippen molar-refractivity contribution in [1.82, 2.24) is 10.5 Å². The Bertz CT molecular complexity index is 1350. The van der Waals surface area contributed by atoms with Gasteiger partial charge in [-0.1, -0.05) is 36.4 Å². The van der Waals surface area contributed by atoms with Crippen molar-refractivity contribution < 1.29 is 18.4 Å². The first-order valence-corrected chi connectivity index (χ1v) is 12.3. The summed E-state index contributed by atoms with van der Waals surface area (Å²) in [5.41, 5.74) is 3.97. The molecule has 1 amide bonds. The van der Waals surface area contributed by atoms with E-state index in [1.807, 2.05) is 17.5 Å². The van der Waals surface area contributed by atoms with Crippen molar-refractivity contribution >= 4 is 33.0 Å². The molecule has 0 saturated heterocycles. The van der Waals surface area contributed by atoms with Crippen molar-refractivity contribution in [2.75, 3.05) is 4.31 Å². The minimum Gasteiger partial charge on any atom is -0.288 e. The van der Waals surface area contributed by atoms with Crippen LogP contribution in [-0.4, -0.2) is 24.5 Å². The highest BCUT2D eigenvalue weighted by Gasteiger charge is 2.30. The third-order valence-corrected chi connectivity index (χ3v) is 7.81. The average Bonchev–Trinajstić information content (AvgIpc) is 3.38. The quantitative estimate of drug-likeness (QED) is 0.297. The minimum atomic E-state index is -4.08. The van der Waals surface area contributed by atoms with E-state index in [-0.39, 0.29) is 22.7 Å².